The van der Waals surface area contributed by atoms with Crippen molar-refractivity contribution >= 4 is 21.6 Å². The van der Waals surface area contributed by atoms with E-state index in [9.17, 15) is 5.11 Å². The number of hydrogen-bond acceptors (Lipinski definition) is 7. The van der Waals surface area contributed by atoms with E-state index in [1.807, 2.05) is 7.05 Å². The lowest BCUT2D eigenvalue weighted by Crippen LogP contribution is -2.34. The van der Waals surface area contributed by atoms with Crippen LogP contribution in [0.15, 0.2) is 6.33 Å². The van der Waals surface area contributed by atoms with Crippen LogP contribution >= 0.6 is 11.3 Å². The van der Waals surface area contributed by atoms with E-state index in [-0.39, 0.29) is 12.0 Å². The smallest absolute Gasteiger partial charge is 0.225 e. The Balaban J connectivity index is 1.62. The van der Waals surface area contributed by atoms with E-state index in [1.165, 1.54) is 10.4 Å². The van der Waals surface area contributed by atoms with Gasteiger partial charge in [0.2, 0.25) is 5.88 Å². The molecular formula is C18H26N4O2S. The number of fused-ring (bicyclic) bond motifs is 3. The summed E-state index contributed by atoms with van der Waals surface area (Å²) in [6.45, 7) is 0. The fourth-order valence-corrected chi connectivity index (χ4v) is 5.52. The number of nitrogens with two attached hydrogens (primary N) is 1. The minimum Gasteiger partial charge on any atom is -0.474 e. The highest BCUT2D eigenvalue weighted by atomic mass is 32.1. The number of nitrogens with one attached hydrogen (secondary N) is 1. The Labute approximate surface area is 151 Å². The van der Waals surface area contributed by atoms with Gasteiger partial charge in [0.1, 0.15) is 23.5 Å². The quantitative estimate of drug-likeness (QED) is 0.707. The number of aliphatic hydroxyl groups is 1. The maximum absolute atomic E-state index is 9.64. The summed E-state index contributed by atoms with van der Waals surface area (Å²) >= 11 is 1.73. The fourth-order valence-electron chi connectivity index (χ4n) is 4.28. The summed E-state index contributed by atoms with van der Waals surface area (Å²) in [4.78, 5) is 11.3. The molecular weight excluding hydrogens is 336 g/mol. The zero-order chi connectivity index (χ0) is 17.4. The summed E-state index contributed by atoms with van der Waals surface area (Å²) in [5, 5.41) is 14.1. The van der Waals surface area contributed by atoms with E-state index < -0.39 is 6.23 Å². The maximum atomic E-state index is 9.64. The average molecular weight is 362 g/mol. The van der Waals surface area contributed by atoms with Crippen LogP contribution in [0.4, 0.5) is 0 Å². The van der Waals surface area contributed by atoms with E-state index in [2.05, 4.69) is 15.3 Å². The summed E-state index contributed by atoms with van der Waals surface area (Å²) in [5.74, 6) is 0.992. The Bertz CT molecular complexity index is 740. The van der Waals surface area contributed by atoms with Crippen LogP contribution in [0.3, 0.4) is 0 Å². The lowest BCUT2D eigenvalue weighted by molar-refractivity contribution is 0.137. The van der Waals surface area contributed by atoms with Gasteiger partial charge >= 0.3 is 0 Å². The second-order valence-corrected chi connectivity index (χ2v) is 8.30. The van der Waals surface area contributed by atoms with E-state index in [4.69, 9.17) is 10.5 Å². The monoisotopic (exact) mass is 362 g/mol. The summed E-state index contributed by atoms with van der Waals surface area (Å²) in [7, 11) is 2.03. The zero-order valence-corrected chi connectivity index (χ0v) is 15.4. The lowest BCUT2D eigenvalue weighted by atomic mass is 9.93. The van der Waals surface area contributed by atoms with Gasteiger partial charge < -0.3 is 20.9 Å². The molecule has 0 saturated heterocycles. The van der Waals surface area contributed by atoms with Crippen LogP contribution < -0.4 is 15.8 Å². The van der Waals surface area contributed by atoms with Gasteiger partial charge in [-0.05, 0) is 63.5 Å². The molecule has 2 aliphatic rings. The molecule has 4 N–H and O–H groups in total. The summed E-state index contributed by atoms with van der Waals surface area (Å²) in [6, 6.07) is 0.603. The Kier molecular flexibility index (Phi) is 4.90. The van der Waals surface area contributed by atoms with Crippen LogP contribution in [0, 0.1) is 0 Å². The molecule has 0 radical (unpaired) electrons. The second-order valence-electron chi connectivity index (χ2n) is 7.22. The Morgan fingerprint density at radius 2 is 2.12 bits per heavy atom. The molecule has 4 rings (SSSR count). The van der Waals surface area contributed by atoms with E-state index >= 15 is 0 Å². The molecule has 6 nitrogen and oxygen atoms in total. The van der Waals surface area contributed by atoms with Crippen molar-refractivity contribution in [1.82, 2.24) is 15.3 Å². The van der Waals surface area contributed by atoms with Crippen molar-refractivity contribution in [2.24, 2.45) is 5.73 Å². The first-order valence-corrected chi connectivity index (χ1v) is 10.0. The molecule has 0 amide bonds. The molecule has 136 valence electrons. The van der Waals surface area contributed by atoms with Gasteiger partial charge in [-0.15, -0.1) is 11.3 Å². The molecule has 0 bridgehead atoms. The van der Waals surface area contributed by atoms with Gasteiger partial charge in [-0.3, -0.25) is 0 Å². The van der Waals surface area contributed by atoms with E-state index in [0.717, 1.165) is 48.7 Å². The highest BCUT2D eigenvalue weighted by Gasteiger charge is 2.31. The molecule has 25 heavy (non-hydrogen) atoms. The number of thiophene rings is 1. The van der Waals surface area contributed by atoms with Crippen molar-refractivity contribution in [3.63, 3.8) is 0 Å². The first-order chi connectivity index (χ1) is 12.2. The molecule has 2 aromatic heterocycles. The number of nitrogens with zero attached hydrogens (tertiary/aromatic N) is 2. The molecule has 2 aliphatic carbocycles. The van der Waals surface area contributed by atoms with Crippen LogP contribution in [0.25, 0.3) is 10.2 Å². The number of aliphatic hydroxyl groups excluding tert-OH is 1. The Hall–Kier alpha value is -1.28. The minimum absolute atomic E-state index is 0.221. The predicted molar refractivity (Wildman–Crippen MR) is 99.0 cm³/mol. The average Bonchev–Trinajstić information content (AvgIpc) is 3.15. The topological polar surface area (TPSA) is 93.3 Å². The zero-order valence-electron chi connectivity index (χ0n) is 14.6. The largest absolute Gasteiger partial charge is 0.474 e. The van der Waals surface area contributed by atoms with Crippen molar-refractivity contribution in [1.29, 1.82) is 0 Å². The SMILES string of the molecule is CNC1CCC(Oc2ncnc3sc4c(c23)C(CC(N)O)CC4)CC1. The van der Waals surface area contributed by atoms with Gasteiger partial charge in [0, 0.05) is 10.9 Å². The summed E-state index contributed by atoms with van der Waals surface area (Å²) < 4.78 is 6.33. The van der Waals surface area contributed by atoms with Gasteiger partial charge in [0.25, 0.3) is 0 Å². The predicted octanol–water partition coefficient (Wildman–Crippen LogP) is 2.30. The van der Waals surface area contributed by atoms with Crippen LogP contribution in [-0.2, 0) is 6.42 Å². The number of ether oxygens (including phenoxy) is 1. The number of rotatable bonds is 5. The number of aryl methyl sites for hydroxylation is 1. The van der Waals surface area contributed by atoms with E-state index in [1.54, 1.807) is 17.7 Å². The van der Waals surface area contributed by atoms with Gasteiger partial charge in [-0.25, -0.2) is 9.97 Å². The summed E-state index contributed by atoms with van der Waals surface area (Å²) in [5.41, 5.74) is 6.91. The Morgan fingerprint density at radius 3 is 2.84 bits per heavy atom. The van der Waals surface area contributed by atoms with Crippen LogP contribution in [0.2, 0.25) is 0 Å². The third kappa shape index (κ3) is 3.38. The second kappa shape index (κ2) is 7.15. The highest BCUT2D eigenvalue weighted by Crippen LogP contribution is 2.47. The Morgan fingerprint density at radius 1 is 1.32 bits per heavy atom. The minimum atomic E-state index is -0.781. The lowest BCUT2D eigenvalue weighted by Gasteiger charge is -2.28. The molecule has 0 spiro atoms. The van der Waals surface area contributed by atoms with Crippen molar-refractivity contribution in [2.75, 3.05) is 7.05 Å². The van der Waals surface area contributed by atoms with Gasteiger partial charge in [0.05, 0.1) is 5.39 Å². The fraction of sp³-hybridized carbons (Fsp3) is 0.667. The first-order valence-electron chi connectivity index (χ1n) is 9.19. The van der Waals surface area contributed by atoms with Crippen molar-refractivity contribution in [3.8, 4) is 5.88 Å². The third-order valence-corrected chi connectivity index (χ3v) is 6.76. The molecule has 0 aliphatic heterocycles. The van der Waals surface area contributed by atoms with Crippen molar-refractivity contribution in [2.45, 2.75) is 69.2 Å². The molecule has 1 saturated carbocycles. The molecule has 7 heteroatoms. The van der Waals surface area contributed by atoms with Crippen LogP contribution in [0.1, 0.15) is 54.9 Å². The van der Waals surface area contributed by atoms with E-state index in [0.29, 0.717) is 18.3 Å². The molecule has 0 aromatic carbocycles. The normalized spacial score (nSPS) is 27.4. The molecule has 2 heterocycles. The highest BCUT2D eigenvalue weighted by molar-refractivity contribution is 7.19. The molecule has 2 aromatic rings. The van der Waals surface area contributed by atoms with Gasteiger partial charge in [0.15, 0.2) is 0 Å². The third-order valence-electron chi connectivity index (χ3n) is 5.58. The summed E-state index contributed by atoms with van der Waals surface area (Å²) in [6.07, 6.45) is 8.07. The number of aromatic nitrogens is 2. The first kappa shape index (κ1) is 17.1. The number of hydrogen-bond donors (Lipinski definition) is 3. The van der Waals surface area contributed by atoms with Crippen LogP contribution in [-0.4, -0.2) is 40.5 Å². The van der Waals surface area contributed by atoms with Gasteiger partial charge in [-0.2, -0.15) is 0 Å². The van der Waals surface area contributed by atoms with Gasteiger partial charge in [-0.1, -0.05) is 0 Å². The van der Waals surface area contributed by atoms with Crippen LogP contribution in [0.5, 0.6) is 5.88 Å². The molecule has 2 atom stereocenters. The molecule has 2 unspecified atom stereocenters. The van der Waals surface area contributed by atoms with Crippen molar-refractivity contribution in [3.05, 3.63) is 16.8 Å². The van der Waals surface area contributed by atoms with Crippen molar-refractivity contribution < 1.29 is 9.84 Å². The molecule has 1 fully saturated rings. The standard InChI is InChI=1S/C18H26N4O2S/c1-20-11-3-5-12(6-4-11)24-17-16-15-10(8-14(19)23)2-7-13(15)25-18(16)22-9-21-17/h9-12,14,20,23H,2-8,19H2,1H3. The maximum Gasteiger partial charge on any atom is 0.225 e.